The molecular formula is C15H20N2O7. The summed E-state index contributed by atoms with van der Waals surface area (Å²) in [7, 11) is 2.79. The molecular weight excluding hydrogens is 320 g/mol. The summed E-state index contributed by atoms with van der Waals surface area (Å²) in [5.74, 6) is 0.124. The Kier molecular flexibility index (Phi) is 8.23. The number of hydrogen-bond acceptors (Lipinski definition) is 7. The Labute approximate surface area is 139 Å². The number of nitro benzene ring substituents is 1. The summed E-state index contributed by atoms with van der Waals surface area (Å²) >= 11 is 0. The summed E-state index contributed by atoms with van der Waals surface area (Å²) in [6.07, 6.45) is 2.50. The van der Waals surface area contributed by atoms with E-state index in [1.54, 1.807) is 0 Å². The maximum Gasteiger partial charge on any atom is 0.280 e. The molecule has 1 rings (SSSR count). The Morgan fingerprint density at radius 1 is 1.29 bits per heavy atom. The Morgan fingerprint density at radius 2 is 1.96 bits per heavy atom. The first-order chi connectivity index (χ1) is 11.5. The number of nitrogens with one attached hydrogen (secondary N) is 1. The van der Waals surface area contributed by atoms with Crippen molar-refractivity contribution in [3.05, 3.63) is 33.9 Å². The van der Waals surface area contributed by atoms with E-state index in [9.17, 15) is 14.9 Å². The van der Waals surface area contributed by atoms with Gasteiger partial charge in [0.15, 0.2) is 11.5 Å². The van der Waals surface area contributed by atoms with Gasteiger partial charge in [0.1, 0.15) is 0 Å². The molecule has 132 valence electrons. The van der Waals surface area contributed by atoms with Crippen LogP contribution in [0, 0.1) is 10.1 Å². The molecule has 0 aliphatic rings. The van der Waals surface area contributed by atoms with Crippen molar-refractivity contribution in [3.63, 3.8) is 0 Å². The molecule has 0 atom stereocenters. The molecule has 1 aromatic rings. The number of benzene rings is 1. The fourth-order valence-corrected chi connectivity index (χ4v) is 1.81. The average Bonchev–Trinajstić information content (AvgIpc) is 2.58. The molecule has 0 heterocycles. The highest BCUT2D eigenvalue weighted by atomic mass is 16.6. The van der Waals surface area contributed by atoms with E-state index in [-0.39, 0.29) is 43.4 Å². The summed E-state index contributed by atoms with van der Waals surface area (Å²) in [5, 5.41) is 22.2. The van der Waals surface area contributed by atoms with Crippen LogP contribution in [0.15, 0.2) is 18.2 Å². The predicted octanol–water partition coefficient (Wildman–Crippen LogP) is 0.750. The van der Waals surface area contributed by atoms with Crippen molar-refractivity contribution in [1.29, 1.82) is 0 Å². The summed E-state index contributed by atoms with van der Waals surface area (Å²) in [4.78, 5) is 22.3. The van der Waals surface area contributed by atoms with E-state index in [1.807, 2.05) is 0 Å². The van der Waals surface area contributed by atoms with Gasteiger partial charge in [0.2, 0.25) is 5.91 Å². The zero-order valence-electron chi connectivity index (χ0n) is 13.5. The molecule has 0 fully saturated rings. The Hall–Kier alpha value is -2.65. The van der Waals surface area contributed by atoms with Crippen LogP contribution in [0.2, 0.25) is 0 Å². The molecule has 1 aromatic carbocycles. The van der Waals surface area contributed by atoms with Crippen LogP contribution in [0.4, 0.5) is 5.69 Å². The third-order valence-corrected chi connectivity index (χ3v) is 2.93. The SMILES string of the molecule is COc1cc(C=CC(=O)NCCOCCO)c([N+](=O)[O-])cc1OC. The molecule has 1 amide bonds. The minimum Gasteiger partial charge on any atom is -0.493 e. The third-order valence-electron chi connectivity index (χ3n) is 2.93. The number of aliphatic hydroxyl groups excluding tert-OH is 1. The molecule has 0 spiro atoms. The number of nitrogens with zero attached hydrogens (tertiary/aromatic N) is 1. The van der Waals surface area contributed by atoms with Crippen molar-refractivity contribution in [1.82, 2.24) is 5.32 Å². The van der Waals surface area contributed by atoms with Crippen molar-refractivity contribution >= 4 is 17.7 Å². The summed E-state index contributed by atoms with van der Waals surface area (Å²) in [6, 6.07) is 2.66. The highest BCUT2D eigenvalue weighted by Gasteiger charge is 2.17. The number of hydrogen-bond donors (Lipinski definition) is 2. The Bertz CT molecular complexity index is 602. The average molecular weight is 340 g/mol. The van der Waals surface area contributed by atoms with Crippen molar-refractivity contribution in [3.8, 4) is 11.5 Å². The van der Waals surface area contributed by atoms with Gasteiger partial charge in [-0.25, -0.2) is 0 Å². The van der Waals surface area contributed by atoms with Gasteiger partial charge in [-0.05, 0) is 12.1 Å². The van der Waals surface area contributed by atoms with E-state index >= 15 is 0 Å². The monoisotopic (exact) mass is 340 g/mol. The number of carbonyl (C=O) groups excluding carboxylic acids is 1. The van der Waals surface area contributed by atoms with Crippen LogP contribution < -0.4 is 14.8 Å². The van der Waals surface area contributed by atoms with Crippen LogP contribution in [0.25, 0.3) is 6.08 Å². The van der Waals surface area contributed by atoms with Gasteiger partial charge in [-0.2, -0.15) is 0 Å². The Balaban J connectivity index is 2.81. The lowest BCUT2D eigenvalue weighted by Crippen LogP contribution is -2.25. The van der Waals surface area contributed by atoms with Crippen molar-refractivity contribution in [2.45, 2.75) is 0 Å². The number of methoxy groups -OCH3 is 2. The topological polar surface area (TPSA) is 120 Å². The van der Waals surface area contributed by atoms with E-state index < -0.39 is 10.8 Å². The van der Waals surface area contributed by atoms with Gasteiger partial charge in [-0.1, -0.05) is 0 Å². The van der Waals surface area contributed by atoms with E-state index in [0.717, 1.165) is 0 Å². The number of nitro groups is 1. The van der Waals surface area contributed by atoms with Gasteiger partial charge < -0.3 is 24.6 Å². The minimum atomic E-state index is -0.567. The number of ether oxygens (including phenoxy) is 3. The van der Waals surface area contributed by atoms with Crippen LogP contribution in [-0.2, 0) is 9.53 Å². The second-order valence-corrected chi connectivity index (χ2v) is 4.48. The lowest BCUT2D eigenvalue weighted by molar-refractivity contribution is -0.385. The number of rotatable bonds is 10. The van der Waals surface area contributed by atoms with E-state index in [0.29, 0.717) is 5.75 Å². The van der Waals surface area contributed by atoms with Crippen LogP contribution in [-0.4, -0.2) is 56.5 Å². The molecule has 0 unspecified atom stereocenters. The van der Waals surface area contributed by atoms with Gasteiger partial charge in [-0.3, -0.25) is 14.9 Å². The molecule has 0 bridgehead atoms. The zero-order chi connectivity index (χ0) is 17.9. The van der Waals surface area contributed by atoms with E-state index in [4.69, 9.17) is 19.3 Å². The normalized spacial score (nSPS) is 10.6. The lowest BCUT2D eigenvalue weighted by atomic mass is 10.1. The first-order valence-corrected chi connectivity index (χ1v) is 7.08. The molecule has 0 aliphatic carbocycles. The fourth-order valence-electron chi connectivity index (χ4n) is 1.81. The van der Waals surface area contributed by atoms with Crippen molar-refractivity contribution in [2.75, 3.05) is 40.6 Å². The van der Waals surface area contributed by atoms with Crippen LogP contribution in [0.3, 0.4) is 0 Å². The molecule has 2 N–H and O–H groups in total. The molecule has 0 radical (unpaired) electrons. The Morgan fingerprint density at radius 3 is 2.54 bits per heavy atom. The second-order valence-electron chi connectivity index (χ2n) is 4.48. The quantitative estimate of drug-likeness (QED) is 0.279. The van der Waals surface area contributed by atoms with Crippen LogP contribution in [0.1, 0.15) is 5.56 Å². The first kappa shape index (κ1) is 19.4. The molecule has 0 aliphatic heterocycles. The van der Waals surface area contributed by atoms with Gasteiger partial charge >= 0.3 is 0 Å². The second kappa shape index (κ2) is 10.2. The molecule has 24 heavy (non-hydrogen) atoms. The van der Waals surface area contributed by atoms with E-state index in [2.05, 4.69) is 5.32 Å². The van der Waals surface area contributed by atoms with Crippen LogP contribution in [0.5, 0.6) is 11.5 Å². The van der Waals surface area contributed by atoms with Crippen LogP contribution >= 0.6 is 0 Å². The molecule has 0 saturated heterocycles. The summed E-state index contributed by atoms with van der Waals surface area (Å²) in [6.45, 7) is 0.633. The van der Waals surface area contributed by atoms with Crippen molar-refractivity contribution < 1.29 is 29.0 Å². The zero-order valence-corrected chi connectivity index (χ0v) is 13.5. The molecule has 9 heteroatoms. The number of carbonyl (C=O) groups is 1. The third kappa shape index (κ3) is 5.86. The lowest BCUT2D eigenvalue weighted by Gasteiger charge is -2.08. The highest BCUT2D eigenvalue weighted by molar-refractivity contribution is 5.92. The first-order valence-electron chi connectivity index (χ1n) is 7.08. The summed E-state index contributed by atoms with van der Waals surface area (Å²) in [5.41, 5.74) is 0.00677. The summed E-state index contributed by atoms with van der Waals surface area (Å²) < 4.78 is 15.1. The fraction of sp³-hybridized carbons (Fsp3) is 0.400. The maximum atomic E-state index is 11.7. The standard InChI is InChI=1S/C15H20N2O7/c1-22-13-9-11(12(17(20)21)10-14(13)23-2)3-4-15(19)16-5-7-24-8-6-18/h3-4,9-10,18H,5-8H2,1-2H3,(H,16,19). The van der Waals surface area contributed by atoms with Crippen molar-refractivity contribution in [2.24, 2.45) is 0 Å². The van der Waals surface area contributed by atoms with Gasteiger partial charge in [0, 0.05) is 12.6 Å². The molecule has 9 nitrogen and oxygen atoms in total. The van der Waals surface area contributed by atoms with E-state index in [1.165, 1.54) is 38.5 Å². The maximum absolute atomic E-state index is 11.7. The van der Waals surface area contributed by atoms with Gasteiger partial charge in [0.25, 0.3) is 5.69 Å². The predicted molar refractivity (Wildman–Crippen MR) is 86.1 cm³/mol. The molecule has 0 saturated carbocycles. The minimum absolute atomic E-state index is 0.0865. The smallest absolute Gasteiger partial charge is 0.280 e. The van der Waals surface area contributed by atoms with Gasteiger partial charge in [-0.15, -0.1) is 0 Å². The largest absolute Gasteiger partial charge is 0.493 e. The number of aliphatic hydroxyl groups is 1. The number of amides is 1. The highest BCUT2D eigenvalue weighted by Crippen LogP contribution is 2.35. The molecule has 0 aromatic heterocycles. The van der Waals surface area contributed by atoms with Gasteiger partial charge in [0.05, 0.1) is 50.6 Å².